The number of aliphatic imine (C=N–C) groups is 2. The highest BCUT2D eigenvalue weighted by Gasteiger charge is 2.46. The van der Waals surface area contributed by atoms with Gasteiger partial charge in [0.1, 0.15) is 11.4 Å². The number of ketones is 2. The SMILES string of the molecule is [C-]#[N+]C(C#N)=C1C(=Nc2nc3c(s2)-c2cc4c(cc2C3(C)C)-c2sc(N=C3C(=O)c5cc(F)c(F)cc5/C3=C(/C#N)[N+]#[C-])nc2C4(C)C)C(=O)c2cc(F)c(F)cc21. The summed E-state index contributed by atoms with van der Waals surface area (Å²) in [5.74, 6) is -6.54. The Hall–Kier alpha value is -7.24. The van der Waals surface area contributed by atoms with Gasteiger partial charge in [-0.25, -0.2) is 57.7 Å². The van der Waals surface area contributed by atoms with Crippen molar-refractivity contribution >= 4 is 67.1 Å². The number of Topliss-reactive ketones (excluding diaryl/α,β-unsaturated/α-hetero) is 2. The smallest absolute Gasteiger partial charge is 0.271 e. The van der Waals surface area contributed by atoms with Gasteiger partial charge in [-0.1, -0.05) is 50.4 Å². The lowest BCUT2D eigenvalue weighted by atomic mass is 9.81. The van der Waals surface area contributed by atoms with E-state index in [4.69, 9.17) is 23.1 Å². The molecule has 4 aliphatic rings. The van der Waals surface area contributed by atoms with Crippen molar-refractivity contribution in [3.63, 3.8) is 0 Å². The molecule has 0 radical (unpaired) electrons. The van der Waals surface area contributed by atoms with Crippen molar-refractivity contribution in [1.29, 1.82) is 10.5 Å². The van der Waals surface area contributed by atoms with Gasteiger partial charge in [-0.05, 0) is 69.8 Å². The molecule has 2 heterocycles. The van der Waals surface area contributed by atoms with Crippen molar-refractivity contribution in [2.75, 3.05) is 0 Å². The molecule has 4 aliphatic carbocycles. The van der Waals surface area contributed by atoms with Gasteiger partial charge in [0.05, 0.1) is 46.4 Å². The Labute approximate surface area is 333 Å². The molecule has 10 nitrogen and oxygen atoms in total. The third-order valence-electron chi connectivity index (χ3n) is 10.8. The fraction of sp³-hybridized carbons (Fsp3) is 0.143. The molecule has 0 atom stereocenters. The van der Waals surface area contributed by atoms with Crippen LogP contribution in [0.1, 0.15) is 82.1 Å². The topological polar surface area (TPSA) is 141 Å². The molecule has 278 valence electrons. The third kappa shape index (κ3) is 4.77. The highest BCUT2D eigenvalue weighted by molar-refractivity contribution is 7.19. The van der Waals surface area contributed by atoms with Crippen LogP contribution in [0.4, 0.5) is 27.8 Å². The monoisotopic (exact) mass is 806 g/mol. The number of halogens is 4. The maximum absolute atomic E-state index is 14.3. The number of hydrogen-bond donors (Lipinski definition) is 0. The van der Waals surface area contributed by atoms with E-state index in [0.717, 1.165) is 56.3 Å². The van der Waals surface area contributed by atoms with E-state index in [2.05, 4.69) is 19.7 Å². The number of carbonyl (C=O) groups excluding carboxylic acids is 2. The minimum Gasteiger partial charge on any atom is -0.287 e. The predicted octanol–water partition coefficient (Wildman–Crippen LogP) is 10.0. The lowest BCUT2D eigenvalue weighted by Crippen LogP contribution is -2.18. The minimum absolute atomic E-state index is 0.101. The van der Waals surface area contributed by atoms with Gasteiger partial charge in [-0.2, -0.15) is 0 Å². The van der Waals surface area contributed by atoms with Crippen LogP contribution >= 0.6 is 22.7 Å². The van der Waals surface area contributed by atoms with Crippen LogP contribution in [0.15, 0.2) is 57.8 Å². The molecule has 0 amide bonds. The van der Waals surface area contributed by atoms with Gasteiger partial charge in [-0.3, -0.25) is 9.59 Å². The Morgan fingerprint density at radius 2 is 0.966 bits per heavy atom. The number of benzene rings is 3. The van der Waals surface area contributed by atoms with Gasteiger partial charge in [0.25, 0.3) is 11.4 Å². The summed E-state index contributed by atoms with van der Waals surface area (Å²) in [6.45, 7) is 22.9. The highest BCUT2D eigenvalue weighted by atomic mass is 32.1. The quantitative estimate of drug-likeness (QED) is 0.0988. The summed E-state index contributed by atoms with van der Waals surface area (Å²) in [5, 5.41) is 19.7. The van der Waals surface area contributed by atoms with Crippen molar-refractivity contribution in [1.82, 2.24) is 9.97 Å². The molecule has 0 saturated heterocycles. The molecule has 0 bridgehead atoms. The molecule has 0 spiro atoms. The van der Waals surface area contributed by atoms with Crippen LogP contribution in [0.2, 0.25) is 0 Å². The summed E-state index contributed by atoms with van der Waals surface area (Å²) in [5.41, 5.74) is 0.824. The van der Waals surface area contributed by atoms with Gasteiger partial charge >= 0.3 is 0 Å². The normalized spacial score (nSPS) is 19.1. The van der Waals surface area contributed by atoms with E-state index in [9.17, 15) is 37.7 Å². The molecule has 9 rings (SSSR count). The average Bonchev–Trinajstić information content (AvgIpc) is 4.00. The maximum atomic E-state index is 14.3. The van der Waals surface area contributed by atoms with Crippen LogP contribution in [0.5, 0.6) is 0 Å². The Bertz CT molecular complexity index is 2960. The number of fused-ring (bicyclic) bond motifs is 8. The lowest BCUT2D eigenvalue weighted by molar-refractivity contribution is 0.106. The second-order valence-electron chi connectivity index (χ2n) is 14.6. The fourth-order valence-electron chi connectivity index (χ4n) is 7.97. The molecule has 3 aromatic carbocycles. The van der Waals surface area contributed by atoms with E-state index in [0.29, 0.717) is 11.4 Å². The van der Waals surface area contributed by atoms with Crippen LogP contribution < -0.4 is 0 Å². The molecule has 0 aliphatic heterocycles. The summed E-state index contributed by atoms with van der Waals surface area (Å²) in [6.07, 6.45) is 0. The molecule has 0 fully saturated rings. The molecule has 0 unspecified atom stereocenters. The second-order valence-corrected chi connectivity index (χ2v) is 16.6. The zero-order valence-corrected chi connectivity index (χ0v) is 31.8. The van der Waals surface area contributed by atoms with Crippen molar-refractivity contribution in [2.24, 2.45) is 9.98 Å². The number of aromatic nitrogens is 2. The molecular weight excluding hydrogens is 789 g/mol. The van der Waals surface area contributed by atoms with Crippen molar-refractivity contribution < 1.29 is 27.2 Å². The van der Waals surface area contributed by atoms with Crippen LogP contribution in [-0.4, -0.2) is 33.0 Å². The molecule has 0 N–H and O–H groups in total. The second kappa shape index (κ2) is 12.1. The average molecular weight is 807 g/mol. The Morgan fingerprint density at radius 3 is 1.29 bits per heavy atom. The van der Waals surface area contributed by atoms with E-state index in [1.54, 1.807) is 12.1 Å². The van der Waals surface area contributed by atoms with Crippen LogP contribution in [-0.2, 0) is 10.8 Å². The minimum atomic E-state index is -1.26. The van der Waals surface area contributed by atoms with Crippen LogP contribution in [0.25, 0.3) is 41.7 Å². The first kappa shape index (κ1) is 36.4. The zero-order valence-electron chi connectivity index (χ0n) is 30.2. The number of allylic oxidation sites excluding steroid dienone is 4. The molecule has 2 aromatic heterocycles. The number of carbonyl (C=O) groups is 2. The fourth-order valence-corrected chi connectivity index (χ4v) is 10.2. The molecule has 58 heavy (non-hydrogen) atoms. The first-order valence-corrected chi connectivity index (χ1v) is 18.7. The Balaban J connectivity index is 1.14. The number of thiazole rings is 2. The van der Waals surface area contributed by atoms with Gasteiger partial charge in [0.2, 0.25) is 21.8 Å². The number of hydrogen-bond acceptors (Lipinski definition) is 10. The maximum Gasteiger partial charge on any atom is 0.271 e. The summed E-state index contributed by atoms with van der Waals surface area (Å²) >= 11 is 2.37. The number of nitrogens with zero attached hydrogens (tertiary/aromatic N) is 8. The van der Waals surface area contributed by atoms with E-state index >= 15 is 0 Å². The van der Waals surface area contributed by atoms with Gasteiger partial charge in [-0.15, -0.1) is 0 Å². The van der Waals surface area contributed by atoms with E-state index in [1.165, 1.54) is 22.7 Å². The van der Waals surface area contributed by atoms with E-state index in [1.807, 2.05) is 39.8 Å². The Morgan fingerprint density at radius 1 is 0.621 bits per heavy atom. The van der Waals surface area contributed by atoms with Gasteiger partial charge in [0.15, 0.2) is 23.3 Å². The Kier molecular flexibility index (Phi) is 7.61. The molecule has 5 aromatic rings. The highest BCUT2D eigenvalue weighted by Crippen LogP contribution is 2.59. The first-order valence-electron chi connectivity index (χ1n) is 17.1. The zero-order chi connectivity index (χ0) is 41.3. The van der Waals surface area contributed by atoms with Gasteiger partial charge in [0, 0.05) is 33.1 Å². The van der Waals surface area contributed by atoms with E-state index in [-0.39, 0.29) is 55.1 Å². The standard InChI is InChI=1S/C42H18F4N8O2S2/c1-41(2)21-7-20-22(8-19(21)35-37(41)53-39(57-35)51-31-29(27(13-47)49-5)15-9-23(43)25(45)11-17(15)33(31)55)42(3,4)38-36(20)58-40(54-38)52-32-30(28(14-48)50-6)16-10-24(44)26(46)12-18(16)34(32)56/h7-12H,1-4H3/b29-27+,30-28?,51-31?,52-32?. The number of nitriles is 2. The summed E-state index contributed by atoms with van der Waals surface area (Å²) in [6, 6.07) is 10.6. The number of rotatable bonds is 2. The van der Waals surface area contributed by atoms with Gasteiger partial charge < -0.3 is 0 Å². The van der Waals surface area contributed by atoms with E-state index < -0.39 is 57.1 Å². The summed E-state index contributed by atoms with van der Waals surface area (Å²) in [7, 11) is 0. The predicted molar refractivity (Wildman–Crippen MR) is 207 cm³/mol. The van der Waals surface area contributed by atoms with Crippen molar-refractivity contribution in [3.05, 3.63) is 139 Å². The molecule has 0 saturated carbocycles. The molecular formula is C42H18F4N8O2S2. The lowest BCUT2D eigenvalue weighted by Gasteiger charge is -2.23. The van der Waals surface area contributed by atoms with Crippen molar-refractivity contribution in [2.45, 2.75) is 38.5 Å². The summed E-state index contributed by atoms with van der Waals surface area (Å²) < 4.78 is 57.1. The largest absolute Gasteiger partial charge is 0.287 e. The summed E-state index contributed by atoms with van der Waals surface area (Å²) in [4.78, 5) is 53.6. The van der Waals surface area contributed by atoms with Crippen LogP contribution in [0.3, 0.4) is 0 Å². The van der Waals surface area contributed by atoms with Crippen LogP contribution in [0, 0.1) is 59.1 Å². The van der Waals surface area contributed by atoms with Crippen molar-refractivity contribution in [3.8, 4) is 33.0 Å². The third-order valence-corrected chi connectivity index (χ3v) is 12.8. The molecule has 16 heteroatoms. The first-order chi connectivity index (χ1) is 27.5.